The third-order valence-electron chi connectivity index (χ3n) is 4.30. The lowest BCUT2D eigenvalue weighted by atomic mass is 10.1. The van der Waals surface area contributed by atoms with E-state index < -0.39 is 17.5 Å². The van der Waals surface area contributed by atoms with E-state index >= 15 is 0 Å². The molecule has 0 radical (unpaired) electrons. The van der Waals surface area contributed by atoms with Gasteiger partial charge in [-0.05, 0) is 23.6 Å². The van der Waals surface area contributed by atoms with E-state index in [-0.39, 0.29) is 31.2 Å². The maximum absolute atomic E-state index is 13.8. The van der Waals surface area contributed by atoms with E-state index in [1.165, 1.54) is 0 Å². The topological polar surface area (TPSA) is 47.3 Å². The highest BCUT2D eigenvalue weighted by molar-refractivity contribution is 5.85. The number of hydrogen-bond acceptors (Lipinski definition) is 3. The number of aliphatic hydroxyl groups excluding tert-OH is 1. The van der Waals surface area contributed by atoms with Gasteiger partial charge in [0.2, 0.25) is 5.88 Å². The maximum atomic E-state index is 13.8. The predicted octanol–water partition coefficient (Wildman–Crippen LogP) is 4.79. The van der Waals surface area contributed by atoms with E-state index in [4.69, 9.17) is 9.84 Å². The molecule has 0 aliphatic carbocycles. The first kappa shape index (κ1) is 22.8. The van der Waals surface area contributed by atoms with Crippen LogP contribution in [0.4, 0.5) is 13.2 Å². The van der Waals surface area contributed by atoms with Gasteiger partial charge in [0, 0.05) is 17.7 Å². The van der Waals surface area contributed by atoms with Crippen LogP contribution in [0.25, 0.3) is 0 Å². The van der Waals surface area contributed by atoms with E-state index in [1.54, 1.807) is 10.7 Å². The fourth-order valence-electron chi connectivity index (χ4n) is 2.81. The molecule has 2 aromatic carbocycles. The Morgan fingerprint density at radius 3 is 2.28 bits per heavy atom. The number of halogens is 4. The van der Waals surface area contributed by atoms with Crippen LogP contribution in [0.3, 0.4) is 0 Å². The molecule has 0 unspecified atom stereocenters. The third kappa shape index (κ3) is 5.74. The average molecular weight is 427 g/mol. The van der Waals surface area contributed by atoms with Crippen molar-refractivity contribution in [2.75, 3.05) is 0 Å². The summed E-state index contributed by atoms with van der Waals surface area (Å²) in [6.07, 6.45) is 1.66. The fraction of sp³-hybridized carbons (Fsp3) is 0.286. The van der Waals surface area contributed by atoms with E-state index in [0.717, 1.165) is 35.7 Å². The van der Waals surface area contributed by atoms with Gasteiger partial charge >= 0.3 is 0 Å². The molecule has 3 aromatic rings. The molecule has 156 valence electrons. The van der Waals surface area contributed by atoms with Crippen LogP contribution in [0.5, 0.6) is 5.88 Å². The normalized spacial score (nSPS) is 10.7. The van der Waals surface area contributed by atoms with Gasteiger partial charge in [0.05, 0.1) is 18.8 Å². The molecule has 1 heterocycles. The molecule has 1 aromatic heterocycles. The summed E-state index contributed by atoms with van der Waals surface area (Å²) in [6, 6.07) is 10.5. The third-order valence-corrected chi connectivity index (χ3v) is 4.30. The SMILES string of the molecule is CCCc1cc(OCc2cc(F)c(F)cc2F)n(Cc2ccc(CO)cc2)n1.Cl. The largest absolute Gasteiger partial charge is 0.473 e. The minimum atomic E-state index is -1.23. The summed E-state index contributed by atoms with van der Waals surface area (Å²) in [6.45, 7) is 2.18. The van der Waals surface area contributed by atoms with Gasteiger partial charge in [-0.25, -0.2) is 17.9 Å². The summed E-state index contributed by atoms with van der Waals surface area (Å²) in [4.78, 5) is 0. The molecule has 0 amide bonds. The standard InChI is InChI=1S/C21H21F3N2O2.ClH/c1-2-3-17-9-21(28-13-16-8-19(23)20(24)10-18(16)22)26(25-17)11-14-4-6-15(12-27)7-5-14;/h4-10,27H,2-3,11-13H2,1H3;1H. The van der Waals surface area contributed by atoms with Crippen molar-refractivity contribution < 1.29 is 23.0 Å². The second-order valence-electron chi connectivity index (χ2n) is 6.50. The summed E-state index contributed by atoms with van der Waals surface area (Å²) < 4.78 is 47.6. The monoisotopic (exact) mass is 426 g/mol. The zero-order valence-corrected chi connectivity index (χ0v) is 16.7. The van der Waals surface area contributed by atoms with Gasteiger partial charge < -0.3 is 9.84 Å². The van der Waals surface area contributed by atoms with Crippen LogP contribution in [0.15, 0.2) is 42.5 Å². The second-order valence-corrected chi connectivity index (χ2v) is 6.50. The number of rotatable bonds is 8. The molecule has 0 atom stereocenters. The Bertz CT molecular complexity index is 946. The first-order chi connectivity index (χ1) is 13.5. The van der Waals surface area contributed by atoms with Crippen molar-refractivity contribution in [3.05, 3.63) is 82.3 Å². The highest BCUT2D eigenvalue weighted by Gasteiger charge is 2.14. The summed E-state index contributed by atoms with van der Waals surface area (Å²) in [5, 5.41) is 13.7. The van der Waals surface area contributed by atoms with E-state index in [2.05, 4.69) is 5.10 Å². The maximum Gasteiger partial charge on any atom is 0.212 e. The molecular formula is C21H22ClF3N2O2. The Balaban J connectivity index is 0.00000300. The average Bonchev–Trinajstić information content (AvgIpc) is 3.06. The van der Waals surface area contributed by atoms with Crippen molar-refractivity contribution in [1.82, 2.24) is 9.78 Å². The Morgan fingerprint density at radius 2 is 1.62 bits per heavy atom. The highest BCUT2D eigenvalue weighted by Crippen LogP contribution is 2.21. The molecule has 0 fully saturated rings. The Labute approximate surface area is 173 Å². The molecule has 0 saturated heterocycles. The number of hydrogen-bond donors (Lipinski definition) is 1. The van der Waals surface area contributed by atoms with Crippen LogP contribution in [-0.4, -0.2) is 14.9 Å². The van der Waals surface area contributed by atoms with Gasteiger partial charge in [0.1, 0.15) is 12.4 Å². The molecule has 0 aliphatic heterocycles. The predicted molar refractivity (Wildman–Crippen MR) is 106 cm³/mol. The van der Waals surface area contributed by atoms with Gasteiger partial charge in [0.15, 0.2) is 11.6 Å². The lowest BCUT2D eigenvalue weighted by Crippen LogP contribution is -2.08. The molecule has 0 spiro atoms. The van der Waals surface area contributed by atoms with Crippen molar-refractivity contribution >= 4 is 12.4 Å². The number of aliphatic hydroxyl groups is 1. The molecule has 3 rings (SSSR count). The number of aryl methyl sites for hydroxylation is 1. The summed E-state index contributed by atoms with van der Waals surface area (Å²) in [5.41, 5.74) is 2.51. The van der Waals surface area contributed by atoms with Crippen molar-refractivity contribution in [2.24, 2.45) is 0 Å². The number of ether oxygens (including phenoxy) is 1. The van der Waals surface area contributed by atoms with Crippen molar-refractivity contribution in [2.45, 2.75) is 39.5 Å². The highest BCUT2D eigenvalue weighted by atomic mass is 35.5. The van der Waals surface area contributed by atoms with Crippen molar-refractivity contribution in [3.8, 4) is 5.88 Å². The number of nitrogens with zero attached hydrogens (tertiary/aromatic N) is 2. The summed E-state index contributed by atoms with van der Waals surface area (Å²) >= 11 is 0. The number of aromatic nitrogens is 2. The van der Waals surface area contributed by atoms with E-state index in [9.17, 15) is 13.2 Å². The van der Waals surface area contributed by atoms with Gasteiger partial charge in [-0.15, -0.1) is 12.4 Å². The molecule has 8 heteroatoms. The lowest BCUT2D eigenvalue weighted by molar-refractivity contribution is 0.269. The fourth-order valence-corrected chi connectivity index (χ4v) is 2.81. The number of benzene rings is 2. The summed E-state index contributed by atoms with van der Waals surface area (Å²) in [5.74, 6) is -2.80. The first-order valence-corrected chi connectivity index (χ1v) is 9.01. The Kier molecular flexibility index (Phi) is 8.10. The Morgan fingerprint density at radius 1 is 0.966 bits per heavy atom. The molecule has 4 nitrogen and oxygen atoms in total. The smallest absolute Gasteiger partial charge is 0.212 e. The van der Waals surface area contributed by atoms with E-state index in [1.807, 2.05) is 31.2 Å². The molecule has 0 saturated carbocycles. The molecular weight excluding hydrogens is 405 g/mol. The van der Waals surface area contributed by atoms with Crippen molar-refractivity contribution in [3.63, 3.8) is 0 Å². The van der Waals surface area contributed by atoms with Gasteiger partial charge in [-0.3, -0.25) is 0 Å². The lowest BCUT2D eigenvalue weighted by Gasteiger charge is -2.10. The van der Waals surface area contributed by atoms with Crippen LogP contribution < -0.4 is 4.74 Å². The van der Waals surface area contributed by atoms with Crippen LogP contribution in [-0.2, 0) is 26.2 Å². The van der Waals surface area contributed by atoms with Gasteiger partial charge in [-0.1, -0.05) is 37.6 Å². The van der Waals surface area contributed by atoms with Crippen LogP contribution in [0.2, 0.25) is 0 Å². The quantitative estimate of drug-likeness (QED) is 0.526. The van der Waals surface area contributed by atoms with Crippen LogP contribution in [0.1, 0.15) is 35.7 Å². The second kappa shape index (κ2) is 10.3. The van der Waals surface area contributed by atoms with E-state index in [0.29, 0.717) is 18.5 Å². The zero-order valence-electron chi connectivity index (χ0n) is 15.9. The van der Waals surface area contributed by atoms with Gasteiger partial charge in [-0.2, -0.15) is 5.10 Å². The first-order valence-electron chi connectivity index (χ1n) is 9.01. The minimum Gasteiger partial charge on any atom is -0.473 e. The van der Waals surface area contributed by atoms with Crippen LogP contribution in [0, 0.1) is 17.5 Å². The molecule has 0 aliphatic rings. The van der Waals surface area contributed by atoms with Crippen LogP contribution >= 0.6 is 12.4 Å². The summed E-state index contributed by atoms with van der Waals surface area (Å²) in [7, 11) is 0. The minimum absolute atomic E-state index is 0. The molecule has 1 N–H and O–H groups in total. The Hall–Kier alpha value is -2.51. The van der Waals surface area contributed by atoms with Gasteiger partial charge in [0.25, 0.3) is 0 Å². The molecule has 0 bridgehead atoms. The zero-order chi connectivity index (χ0) is 20.1. The molecule has 29 heavy (non-hydrogen) atoms. The van der Waals surface area contributed by atoms with Crippen molar-refractivity contribution in [1.29, 1.82) is 0 Å².